The van der Waals surface area contributed by atoms with Crippen LogP contribution in [-0.4, -0.2) is 11.3 Å². The van der Waals surface area contributed by atoms with Crippen molar-refractivity contribution in [1.29, 1.82) is 0 Å². The molecule has 16 heavy (non-hydrogen) atoms. The summed E-state index contributed by atoms with van der Waals surface area (Å²) in [5.74, 6) is 0.175. The average Bonchev–Trinajstić information content (AvgIpc) is 2.32. The third-order valence-electron chi connectivity index (χ3n) is 2.16. The zero-order chi connectivity index (χ0) is 11.4. The fraction of sp³-hybridized carbons (Fsp3) is 0. The minimum Gasteiger partial charge on any atom is -0.507 e. The van der Waals surface area contributed by atoms with Crippen LogP contribution in [0.4, 0.5) is 11.4 Å². The van der Waals surface area contributed by atoms with Crippen LogP contribution in [-0.2, 0) is 0 Å². The van der Waals surface area contributed by atoms with E-state index in [-0.39, 0.29) is 5.75 Å². The van der Waals surface area contributed by atoms with E-state index in [1.807, 2.05) is 30.3 Å². The van der Waals surface area contributed by atoms with Crippen LogP contribution >= 0.6 is 0 Å². The summed E-state index contributed by atoms with van der Waals surface area (Å²) in [5, 5.41) is 9.57. The summed E-state index contributed by atoms with van der Waals surface area (Å²) in [4.78, 5) is 4.24. The number of nitrogens with two attached hydrogens (primary N) is 1. The van der Waals surface area contributed by atoms with Crippen LogP contribution < -0.4 is 5.73 Å². The number of phenolic OH excluding ortho intramolecular Hbond substituents is 1. The molecular weight excluding hydrogens is 200 g/mol. The fourth-order valence-corrected chi connectivity index (χ4v) is 1.33. The first kappa shape index (κ1) is 10.2. The van der Waals surface area contributed by atoms with Gasteiger partial charge in [0.1, 0.15) is 5.75 Å². The second-order valence-corrected chi connectivity index (χ2v) is 3.41. The monoisotopic (exact) mass is 212 g/mol. The molecule has 80 valence electrons. The Labute approximate surface area is 93.9 Å². The normalized spacial score (nSPS) is 10.8. The number of nitrogen functional groups attached to an aromatic ring is 1. The van der Waals surface area contributed by atoms with Crippen molar-refractivity contribution in [3.63, 3.8) is 0 Å². The van der Waals surface area contributed by atoms with Crippen LogP contribution in [0.5, 0.6) is 5.75 Å². The Bertz CT molecular complexity index is 507. The van der Waals surface area contributed by atoms with Gasteiger partial charge in [0, 0.05) is 17.5 Å². The largest absolute Gasteiger partial charge is 0.507 e. The minimum atomic E-state index is 0.175. The lowest BCUT2D eigenvalue weighted by Crippen LogP contribution is -1.88. The molecule has 0 spiro atoms. The molecule has 3 nitrogen and oxygen atoms in total. The Hall–Kier alpha value is -2.29. The van der Waals surface area contributed by atoms with Gasteiger partial charge in [-0.1, -0.05) is 18.2 Å². The highest BCUT2D eigenvalue weighted by Crippen LogP contribution is 2.19. The SMILES string of the molecule is Nc1ccc(O)c(C=Nc2ccccc2)c1. The topological polar surface area (TPSA) is 58.6 Å². The van der Waals surface area contributed by atoms with Crippen molar-refractivity contribution >= 4 is 17.6 Å². The van der Waals surface area contributed by atoms with E-state index in [0.717, 1.165) is 5.69 Å². The van der Waals surface area contributed by atoms with Gasteiger partial charge in [0.25, 0.3) is 0 Å². The molecule has 0 aliphatic carbocycles. The molecule has 0 heterocycles. The summed E-state index contributed by atoms with van der Waals surface area (Å²) in [6.45, 7) is 0. The van der Waals surface area contributed by atoms with Crippen molar-refractivity contribution in [2.24, 2.45) is 4.99 Å². The molecule has 0 amide bonds. The summed E-state index contributed by atoms with van der Waals surface area (Å²) >= 11 is 0. The van der Waals surface area contributed by atoms with Crippen LogP contribution in [0.15, 0.2) is 53.5 Å². The average molecular weight is 212 g/mol. The van der Waals surface area contributed by atoms with Crippen molar-refractivity contribution in [2.45, 2.75) is 0 Å². The number of aromatic hydroxyl groups is 1. The Kier molecular flexibility index (Phi) is 2.87. The predicted octanol–water partition coefficient (Wildman–Crippen LogP) is 2.73. The van der Waals surface area contributed by atoms with Gasteiger partial charge in [0.15, 0.2) is 0 Å². The molecule has 2 rings (SSSR count). The van der Waals surface area contributed by atoms with Crippen LogP contribution in [0.2, 0.25) is 0 Å². The third-order valence-corrected chi connectivity index (χ3v) is 2.16. The van der Waals surface area contributed by atoms with Crippen LogP contribution in [0.3, 0.4) is 0 Å². The van der Waals surface area contributed by atoms with Gasteiger partial charge >= 0.3 is 0 Å². The van der Waals surface area contributed by atoms with Gasteiger partial charge in [-0.15, -0.1) is 0 Å². The van der Waals surface area contributed by atoms with E-state index in [4.69, 9.17) is 5.73 Å². The maximum atomic E-state index is 9.57. The molecule has 0 fully saturated rings. The first-order valence-corrected chi connectivity index (χ1v) is 4.93. The van der Waals surface area contributed by atoms with Crippen LogP contribution in [0.1, 0.15) is 5.56 Å². The predicted molar refractivity (Wildman–Crippen MR) is 66.2 cm³/mol. The number of aliphatic imine (C=N–C) groups is 1. The Morgan fingerprint density at radius 2 is 1.81 bits per heavy atom. The molecular formula is C13H12N2O. The summed E-state index contributed by atoms with van der Waals surface area (Å²) in [6.07, 6.45) is 1.60. The number of para-hydroxylation sites is 1. The first-order chi connectivity index (χ1) is 7.75. The van der Waals surface area contributed by atoms with Gasteiger partial charge in [-0.05, 0) is 30.3 Å². The standard InChI is InChI=1S/C13H12N2O/c14-11-6-7-13(16)10(8-11)9-15-12-4-2-1-3-5-12/h1-9,16H,14H2. The number of nitrogens with zero attached hydrogens (tertiary/aromatic N) is 1. The van der Waals surface area contributed by atoms with Crippen LogP contribution in [0, 0.1) is 0 Å². The molecule has 0 radical (unpaired) electrons. The number of anilines is 1. The first-order valence-electron chi connectivity index (χ1n) is 4.93. The molecule has 0 aliphatic heterocycles. The lowest BCUT2D eigenvalue weighted by atomic mass is 10.2. The lowest BCUT2D eigenvalue weighted by molar-refractivity contribution is 0.474. The number of phenols is 1. The maximum Gasteiger partial charge on any atom is 0.124 e. The van der Waals surface area contributed by atoms with Crippen molar-refractivity contribution < 1.29 is 5.11 Å². The zero-order valence-electron chi connectivity index (χ0n) is 8.67. The molecule has 2 aromatic carbocycles. The zero-order valence-corrected chi connectivity index (χ0v) is 8.67. The van der Waals surface area contributed by atoms with Crippen LogP contribution in [0.25, 0.3) is 0 Å². The molecule has 3 heteroatoms. The van der Waals surface area contributed by atoms with E-state index >= 15 is 0 Å². The van der Waals surface area contributed by atoms with E-state index in [9.17, 15) is 5.11 Å². The molecule has 0 aliphatic rings. The summed E-state index contributed by atoms with van der Waals surface area (Å²) in [5.41, 5.74) is 7.68. The van der Waals surface area contributed by atoms with Gasteiger partial charge in [0.2, 0.25) is 0 Å². The molecule has 0 bridgehead atoms. The second-order valence-electron chi connectivity index (χ2n) is 3.41. The molecule has 0 aromatic heterocycles. The molecule has 2 aromatic rings. The van der Waals surface area contributed by atoms with E-state index < -0.39 is 0 Å². The highest BCUT2D eigenvalue weighted by Gasteiger charge is 1.97. The van der Waals surface area contributed by atoms with Crippen molar-refractivity contribution in [1.82, 2.24) is 0 Å². The smallest absolute Gasteiger partial charge is 0.124 e. The molecule has 0 saturated heterocycles. The Balaban J connectivity index is 2.27. The Morgan fingerprint density at radius 1 is 1.06 bits per heavy atom. The van der Waals surface area contributed by atoms with Gasteiger partial charge in [-0.2, -0.15) is 0 Å². The summed E-state index contributed by atoms with van der Waals surface area (Å²) in [7, 11) is 0. The second kappa shape index (κ2) is 4.49. The quantitative estimate of drug-likeness (QED) is 0.457. The highest BCUT2D eigenvalue weighted by molar-refractivity contribution is 5.86. The van der Waals surface area contributed by atoms with E-state index in [2.05, 4.69) is 4.99 Å². The lowest BCUT2D eigenvalue weighted by Gasteiger charge is -1.99. The van der Waals surface area contributed by atoms with E-state index in [1.165, 1.54) is 0 Å². The Morgan fingerprint density at radius 3 is 2.56 bits per heavy atom. The van der Waals surface area contributed by atoms with Gasteiger partial charge in [-0.3, -0.25) is 4.99 Å². The number of hydrogen-bond donors (Lipinski definition) is 2. The maximum absolute atomic E-state index is 9.57. The number of rotatable bonds is 2. The molecule has 0 atom stereocenters. The van der Waals surface area contributed by atoms with Crippen molar-refractivity contribution in [3.8, 4) is 5.75 Å². The van der Waals surface area contributed by atoms with E-state index in [0.29, 0.717) is 11.3 Å². The van der Waals surface area contributed by atoms with Crippen molar-refractivity contribution in [2.75, 3.05) is 5.73 Å². The van der Waals surface area contributed by atoms with E-state index in [1.54, 1.807) is 24.4 Å². The number of benzene rings is 2. The molecule has 3 N–H and O–H groups in total. The van der Waals surface area contributed by atoms with Crippen molar-refractivity contribution in [3.05, 3.63) is 54.1 Å². The third kappa shape index (κ3) is 2.39. The summed E-state index contributed by atoms with van der Waals surface area (Å²) < 4.78 is 0. The summed E-state index contributed by atoms with van der Waals surface area (Å²) in [6, 6.07) is 14.4. The van der Waals surface area contributed by atoms with Gasteiger partial charge < -0.3 is 10.8 Å². The fourth-order valence-electron chi connectivity index (χ4n) is 1.33. The number of hydrogen-bond acceptors (Lipinski definition) is 3. The molecule has 0 saturated carbocycles. The minimum absolute atomic E-state index is 0.175. The molecule has 0 unspecified atom stereocenters. The highest BCUT2D eigenvalue weighted by atomic mass is 16.3. The van der Waals surface area contributed by atoms with Gasteiger partial charge in [-0.25, -0.2) is 0 Å². The van der Waals surface area contributed by atoms with Gasteiger partial charge in [0.05, 0.1) is 5.69 Å².